The molecule has 11 heteroatoms. The van der Waals surface area contributed by atoms with Crippen LogP contribution in [-0.4, -0.2) is 57.1 Å². The quantitative estimate of drug-likeness (QED) is 0.333. The van der Waals surface area contributed by atoms with Crippen LogP contribution < -0.4 is 11.2 Å². The fourth-order valence-corrected chi connectivity index (χ4v) is 2.70. The number of hydrogen-bond donors (Lipinski definition) is 3. The van der Waals surface area contributed by atoms with E-state index in [1.807, 2.05) is 13.8 Å². The Hall–Kier alpha value is -2.21. The number of carbonyl (C=O) groups is 1. The Morgan fingerprint density at radius 1 is 1.38 bits per heavy atom. The summed E-state index contributed by atoms with van der Waals surface area (Å²) in [6, 6.07) is 1.44. The average Bonchev–Trinajstić information content (AvgIpc) is 3.16. The zero-order chi connectivity index (χ0) is 18.8. The van der Waals surface area contributed by atoms with Crippen LogP contribution in [0, 0.1) is 5.92 Å². The third-order valence-corrected chi connectivity index (χ3v) is 4.45. The highest BCUT2D eigenvalue weighted by Crippen LogP contribution is 2.37. The number of hydrogen-bond acceptors (Lipinski definition) is 10. The van der Waals surface area contributed by atoms with Crippen LogP contribution in [-0.2, 0) is 19.0 Å². The summed E-state index contributed by atoms with van der Waals surface area (Å²) in [5, 5.41) is 19.1. The lowest BCUT2D eigenvalue weighted by molar-refractivity contribution is -0.109. The smallest absolute Gasteiger partial charge is 0.424 e. The Labute approximate surface area is 148 Å². The zero-order valence-corrected chi connectivity index (χ0v) is 14.3. The molecular weight excluding hydrogens is 350 g/mol. The molecule has 144 valence electrons. The van der Waals surface area contributed by atoms with E-state index in [0.29, 0.717) is 6.42 Å². The highest BCUT2D eigenvalue weighted by atomic mass is 16.8. The van der Waals surface area contributed by atoms with Crippen LogP contribution in [0.1, 0.15) is 26.5 Å². The lowest BCUT2D eigenvalue weighted by Crippen LogP contribution is -2.34. The largest absolute Gasteiger partial charge is 0.509 e. The van der Waals surface area contributed by atoms with Crippen LogP contribution in [0.2, 0.25) is 0 Å². The summed E-state index contributed by atoms with van der Waals surface area (Å²) in [5.74, 6) is 0.000634. The maximum absolute atomic E-state index is 12.3. The summed E-state index contributed by atoms with van der Waals surface area (Å²) in [4.78, 5) is 32.5. The van der Waals surface area contributed by atoms with Gasteiger partial charge in [0.1, 0.15) is 6.10 Å². The average molecular weight is 371 g/mol. The molecule has 2 aliphatic heterocycles. The van der Waals surface area contributed by atoms with Gasteiger partial charge in [-0.1, -0.05) is 13.8 Å². The molecule has 0 saturated carbocycles. The van der Waals surface area contributed by atoms with Gasteiger partial charge in [0.05, 0.1) is 6.61 Å². The first-order chi connectivity index (χ1) is 12.4. The van der Waals surface area contributed by atoms with E-state index in [0.717, 1.165) is 4.57 Å². The molecule has 3 heterocycles. The number of nitrogens with zero attached hydrogens (tertiary/aromatic N) is 2. The van der Waals surface area contributed by atoms with Gasteiger partial charge < -0.3 is 24.4 Å². The van der Waals surface area contributed by atoms with Gasteiger partial charge in [-0.2, -0.15) is 4.98 Å². The molecule has 0 bridgehead atoms. The third-order valence-electron chi connectivity index (χ3n) is 4.45. The van der Waals surface area contributed by atoms with Crippen molar-refractivity contribution in [3.05, 3.63) is 22.7 Å². The lowest BCUT2D eigenvalue weighted by atomic mass is 10.1. The molecule has 2 aliphatic rings. The number of aromatic nitrogens is 2. The molecule has 1 aromatic heterocycles. The van der Waals surface area contributed by atoms with Crippen LogP contribution in [0.3, 0.4) is 0 Å². The van der Waals surface area contributed by atoms with E-state index >= 15 is 0 Å². The summed E-state index contributed by atoms with van der Waals surface area (Å²) in [6.07, 6.45) is -3.25. The van der Waals surface area contributed by atoms with Crippen molar-refractivity contribution in [1.82, 2.24) is 9.55 Å². The predicted octanol–water partition coefficient (Wildman–Crippen LogP) is -0.255. The molecule has 2 fully saturated rings. The standard InChI is InChI=1S/C15H21N3O8/c1-3-7(2)13(20)26-17-9-4-5-18(14(21)16-9)12-11-10(8(6-19)23-12)24-15(22)25-11/h4-5,7-8,10-13,19-20H,3,6H2,1-2H3,(H,16,17,21)/t7-,8+,10+,11+,12+,13?/m0/s1. The lowest BCUT2D eigenvalue weighted by Gasteiger charge is -2.19. The maximum Gasteiger partial charge on any atom is 0.509 e. The van der Waals surface area contributed by atoms with Crippen LogP contribution >= 0.6 is 0 Å². The highest BCUT2D eigenvalue weighted by Gasteiger charge is 2.55. The highest BCUT2D eigenvalue weighted by molar-refractivity contribution is 5.63. The number of aliphatic hydroxyl groups excluding tert-OH is 2. The summed E-state index contributed by atoms with van der Waals surface area (Å²) < 4.78 is 16.7. The van der Waals surface area contributed by atoms with Gasteiger partial charge in [-0.05, 0) is 12.5 Å². The molecule has 26 heavy (non-hydrogen) atoms. The number of rotatable bonds is 7. The molecule has 0 amide bonds. The van der Waals surface area contributed by atoms with Gasteiger partial charge in [-0.15, -0.1) is 0 Å². The molecule has 0 radical (unpaired) electrons. The minimum absolute atomic E-state index is 0.0980. The molecule has 2 saturated heterocycles. The van der Waals surface area contributed by atoms with Crippen molar-refractivity contribution in [3.63, 3.8) is 0 Å². The van der Waals surface area contributed by atoms with Gasteiger partial charge in [0, 0.05) is 12.1 Å². The number of fused-ring (bicyclic) bond motifs is 1. The summed E-state index contributed by atoms with van der Waals surface area (Å²) in [7, 11) is 0. The van der Waals surface area contributed by atoms with Crippen molar-refractivity contribution in [3.8, 4) is 0 Å². The van der Waals surface area contributed by atoms with E-state index in [4.69, 9.17) is 19.0 Å². The number of aliphatic hydroxyl groups is 2. The Bertz CT molecular complexity index is 710. The van der Waals surface area contributed by atoms with Crippen LogP contribution in [0.25, 0.3) is 0 Å². The number of ether oxygens (including phenoxy) is 3. The summed E-state index contributed by atoms with van der Waals surface area (Å²) >= 11 is 0. The monoisotopic (exact) mass is 371 g/mol. The molecule has 0 aliphatic carbocycles. The van der Waals surface area contributed by atoms with Crippen molar-refractivity contribution < 1.29 is 34.1 Å². The van der Waals surface area contributed by atoms with E-state index in [1.165, 1.54) is 12.3 Å². The molecule has 1 aromatic rings. The van der Waals surface area contributed by atoms with Crippen molar-refractivity contribution in [2.75, 3.05) is 12.1 Å². The minimum atomic E-state index is -1.05. The second-order valence-corrected chi connectivity index (χ2v) is 6.16. The molecule has 6 atom stereocenters. The molecule has 0 aromatic carbocycles. The van der Waals surface area contributed by atoms with Gasteiger partial charge in [-0.25, -0.2) is 19.9 Å². The Morgan fingerprint density at radius 3 is 2.77 bits per heavy atom. The molecular formula is C15H21N3O8. The van der Waals surface area contributed by atoms with Gasteiger partial charge >= 0.3 is 11.8 Å². The second kappa shape index (κ2) is 7.58. The number of carbonyl (C=O) groups excluding carboxylic acids is 1. The number of anilines is 1. The molecule has 3 rings (SSSR count). The van der Waals surface area contributed by atoms with E-state index in [-0.39, 0.29) is 11.7 Å². The minimum Gasteiger partial charge on any atom is -0.424 e. The summed E-state index contributed by atoms with van der Waals surface area (Å²) in [5.41, 5.74) is 1.73. The van der Waals surface area contributed by atoms with E-state index < -0.39 is 49.3 Å². The molecule has 3 N–H and O–H groups in total. The first kappa shape index (κ1) is 18.6. The first-order valence-corrected chi connectivity index (χ1v) is 8.27. The van der Waals surface area contributed by atoms with Crippen molar-refractivity contribution >= 4 is 12.0 Å². The topological polar surface area (TPSA) is 141 Å². The van der Waals surface area contributed by atoms with Gasteiger partial charge in [0.25, 0.3) is 0 Å². The Morgan fingerprint density at radius 2 is 2.12 bits per heavy atom. The second-order valence-electron chi connectivity index (χ2n) is 6.16. The van der Waals surface area contributed by atoms with Crippen LogP contribution in [0.15, 0.2) is 17.1 Å². The van der Waals surface area contributed by atoms with E-state index in [2.05, 4.69) is 10.5 Å². The fraction of sp³-hybridized carbons (Fsp3) is 0.667. The Balaban J connectivity index is 1.72. The molecule has 11 nitrogen and oxygen atoms in total. The first-order valence-electron chi connectivity index (χ1n) is 8.27. The van der Waals surface area contributed by atoms with Gasteiger partial charge in [0.15, 0.2) is 30.5 Å². The number of nitrogens with one attached hydrogen (secondary N) is 1. The predicted molar refractivity (Wildman–Crippen MR) is 84.8 cm³/mol. The van der Waals surface area contributed by atoms with E-state index in [9.17, 15) is 19.8 Å². The van der Waals surface area contributed by atoms with Crippen molar-refractivity contribution in [1.29, 1.82) is 0 Å². The normalized spacial score (nSPS) is 29.6. The SMILES string of the molecule is CC[C@H](C)C(O)ONc1ccn([C@@H]2O[C@H](CO)[C@H]3OC(=O)O[C@H]32)c(=O)n1. The summed E-state index contributed by atoms with van der Waals surface area (Å²) in [6.45, 7) is 3.33. The zero-order valence-electron chi connectivity index (χ0n) is 14.3. The van der Waals surface area contributed by atoms with Gasteiger partial charge in [0.2, 0.25) is 0 Å². The van der Waals surface area contributed by atoms with Crippen LogP contribution in [0.4, 0.5) is 10.6 Å². The maximum atomic E-state index is 12.3. The van der Waals surface area contributed by atoms with Crippen LogP contribution in [0.5, 0.6) is 0 Å². The van der Waals surface area contributed by atoms with Crippen molar-refractivity contribution in [2.24, 2.45) is 5.92 Å². The van der Waals surface area contributed by atoms with Gasteiger partial charge in [-0.3, -0.25) is 4.57 Å². The van der Waals surface area contributed by atoms with E-state index in [1.54, 1.807) is 0 Å². The fourth-order valence-electron chi connectivity index (χ4n) is 2.70. The molecule has 0 spiro atoms. The Kier molecular flexibility index (Phi) is 5.41. The third kappa shape index (κ3) is 3.51. The molecule has 1 unspecified atom stereocenters. The van der Waals surface area contributed by atoms with Crippen molar-refractivity contribution in [2.45, 2.75) is 51.1 Å².